The van der Waals surface area contributed by atoms with Crippen molar-refractivity contribution in [3.05, 3.63) is 70.5 Å². The van der Waals surface area contributed by atoms with Crippen LogP contribution in [0.15, 0.2) is 57.7 Å². The third-order valence-electron chi connectivity index (χ3n) is 5.15. The van der Waals surface area contributed by atoms with Crippen LogP contribution in [0.4, 0.5) is 4.39 Å². The van der Waals surface area contributed by atoms with Crippen LogP contribution in [-0.4, -0.2) is 23.2 Å². The van der Waals surface area contributed by atoms with E-state index in [0.717, 1.165) is 18.4 Å². The second kappa shape index (κ2) is 7.59. The smallest absolute Gasteiger partial charge is 0.408 e. The van der Waals surface area contributed by atoms with Crippen LogP contribution in [0.2, 0.25) is 0 Å². The number of nitrogens with one attached hydrogen (secondary N) is 1. The minimum Gasteiger partial charge on any atom is -0.408 e. The zero-order valence-corrected chi connectivity index (χ0v) is 15.4. The quantitative estimate of drug-likeness (QED) is 0.732. The van der Waals surface area contributed by atoms with Gasteiger partial charge in [-0.2, -0.15) is 0 Å². The number of carbonyl (C=O) groups is 1. The highest BCUT2D eigenvalue weighted by molar-refractivity contribution is 5.83. The summed E-state index contributed by atoms with van der Waals surface area (Å²) < 4.78 is 25.7. The number of carbonyl (C=O) groups excluding carboxylic acids is 1. The van der Waals surface area contributed by atoms with Crippen molar-refractivity contribution in [2.45, 2.75) is 38.0 Å². The molecule has 1 aliphatic rings. The van der Waals surface area contributed by atoms with Crippen molar-refractivity contribution in [1.29, 1.82) is 0 Å². The van der Waals surface area contributed by atoms with E-state index in [1.54, 1.807) is 43.3 Å². The van der Waals surface area contributed by atoms with Gasteiger partial charge in [0, 0.05) is 6.61 Å². The first-order valence-corrected chi connectivity index (χ1v) is 9.32. The van der Waals surface area contributed by atoms with Crippen LogP contribution in [0.3, 0.4) is 0 Å². The summed E-state index contributed by atoms with van der Waals surface area (Å²) in [6, 6.07) is 11.8. The highest BCUT2D eigenvalue weighted by atomic mass is 19.1. The normalized spacial score (nSPS) is 18.9. The Hall–Kier alpha value is -2.93. The highest BCUT2D eigenvalue weighted by Gasteiger charge is 2.31. The van der Waals surface area contributed by atoms with Crippen molar-refractivity contribution < 1.29 is 18.3 Å². The van der Waals surface area contributed by atoms with Crippen LogP contribution in [0.25, 0.3) is 11.1 Å². The molecular formula is C21H21FN2O4. The molecule has 1 aromatic heterocycles. The molecule has 0 unspecified atom stereocenters. The number of rotatable bonds is 5. The fourth-order valence-electron chi connectivity index (χ4n) is 3.67. The van der Waals surface area contributed by atoms with E-state index in [2.05, 4.69) is 5.32 Å². The van der Waals surface area contributed by atoms with Crippen LogP contribution in [0.1, 0.15) is 37.4 Å². The summed E-state index contributed by atoms with van der Waals surface area (Å²) >= 11 is 0. The number of ether oxygens (including phenoxy) is 1. The third kappa shape index (κ3) is 3.45. The first kappa shape index (κ1) is 18.4. The van der Waals surface area contributed by atoms with Crippen molar-refractivity contribution in [2.75, 3.05) is 6.61 Å². The first-order valence-electron chi connectivity index (χ1n) is 9.32. The molecule has 1 aliphatic heterocycles. The maximum Gasteiger partial charge on any atom is 0.420 e. The molecule has 3 aromatic rings. The van der Waals surface area contributed by atoms with Crippen molar-refractivity contribution >= 4 is 17.0 Å². The van der Waals surface area contributed by atoms with Crippen LogP contribution in [0, 0.1) is 5.82 Å². The Morgan fingerprint density at radius 1 is 1.21 bits per heavy atom. The molecule has 28 heavy (non-hydrogen) atoms. The number of amides is 1. The molecule has 2 aromatic carbocycles. The van der Waals surface area contributed by atoms with Gasteiger partial charge in [-0.15, -0.1) is 0 Å². The van der Waals surface area contributed by atoms with Crippen molar-refractivity contribution in [2.24, 2.45) is 0 Å². The topological polar surface area (TPSA) is 73.5 Å². The minimum absolute atomic E-state index is 0.195. The monoisotopic (exact) mass is 384 g/mol. The van der Waals surface area contributed by atoms with Gasteiger partial charge in [-0.3, -0.25) is 9.36 Å². The molecule has 0 bridgehead atoms. The summed E-state index contributed by atoms with van der Waals surface area (Å²) in [5.41, 5.74) is 1.75. The average molecular weight is 384 g/mol. The number of halogens is 1. The number of aromatic nitrogens is 1. The summed E-state index contributed by atoms with van der Waals surface area (Å²) in [4.78, 5) is 25.3. The number of oxazole rings is 1. The van der Waals surface area contributed by atoms with Gasteiger partial charge < -0.3 is 14.5 Å². The molecule has 4 rings (SSSR count). The van der Waals surface area contributed by atoms with Gasteiger partial charge in [0.2, 0.25) is 5.91 Å². The van der Waals surface area contributed by atoms with E-state index in [-0.39, 0.29) is 17.8 Å². The molecule has 1 amide bonds. The van der Waals surface area contributed by atoms with Gasteiger partial charge >= 0.3 is 5.76 Å². The number of benzene rings is 2. The molecule has 7 heteroatoms. The van der Waals surface area contributed by atoms with E-state index in [1.807, 2.05) is 0 Å². The van der Waals surface area contributed by atoms with Crippen LogP contribution >= 0.6 is 0 Å². The van der Waals surface area contributed by atoms with Crippen molar-refractivity contribution in [3.8, 4) is 0 Å². The second-order valence-corrected chi connectivity index (χ2v) is 6.97. The molecule has 0 radical (unpaired) electrons. The van der Waals surface area contributed by atoms with Gasteiger partial charge in [0.15, 0.2) is 5.58 Å². The van der Waals surface area contributed by atoms with Gasteiger partial charge in [-0.25, -0.2) is 9.18 Å². The van der Waals surface area contributed by atoms with E-state index in [0.29, 0.717) is 17.7 Å². The molecule has 146 valence electrons. The SMILES string of the molecule is C[C@H](C(=O)N[C@@H](c1ccc(F)cc1)[C@@H]1CCCO1)n1c(=O)oc2ccccc21. The Labute approximate surface area is 160 Å². The van der Waals surface area contributed by atoms with Crippen LogP contribution < -0.4 is 11.1 Å². The fourth-order valence-corrected chi connectivity index (χ4v) is 3.67. The lowest BCUT2D eigenvalue weighted by molar-refractivity contribution is -0.125. The lowest BCUT2D eigenvalue weighted by Gasteiger charge is -2.26. The van der Waals surface area contributed by atoms with Gasteiger partial charge in [0.1, 0.15) is 11.9 Å². The zero-order chi connectivity index (χ0) is 19.7. The lowest BCUT2D eigenvalue weighted by atomic mass is 9.99. The molecule has 1 N–H and O–H groups in total. The Bertz CT molecular complexity index is 1030. The van der Waals surface area contributed by atoms with Crippen molar-refractivity contribution in [3.63, 3.8) is 0 Å². The fraction of sp³-hybridized carbons (Fsp3) is 0.333. The van der Waals surface area contributed by atoms with E-state index in [9.17, 15) is 14.0 Å². The molecule has 0 saturated carbocycles. The lowest BCUT2D eigenvalue weighted by Crippen LogP contribution is -2.40. The summed E-state index contributed by atoms with van der Waals surface area (Å²) in [6.07, 6.45) is 1.50. The predicted octanol–water partition coefficient (Wildman–Crippen LogP) is 3.33. The summed E-state index contributed by atoms with van der Waals surface area (Å²) in [5, 5.41) is 2.99. The minimum atomic E-state index is -0.777. The molecule has 1 saturated heterocycles. The van der Waals surface area contributed by atoms with Gasteiger partial charge in [0.25, 0.3) is 0 Å². The standard InChI is InChI=1S/C21H21FN2O4/c1-13(24-16-5-2-3-6-17(16)28-21(24)26)20(25)23-19(18-7-4-12-27-18)14-8-10-15(22)11-9-14/h2-3,5-6,8-11,13,18-19H,4,7,12H2,1H3,(H,23,25)/t13-,18+,19+/m1/s1. The number of fused-ring (bicyclic) bond motifs is 1. The Morgan fingerprint density at radius 2 is 1.96 bits per heavy atom. The highest BCUT2D eigenvalue weighted by Crippen LogP contribution is 2.28. The average Bonchev–Trinajstić information content (AvgIpc) is 3.33. The van der Waals surface area contributed by atoms with Crippen LogP contribution in [0.5, 0.6) is 0 Å². The molecular weight excluding hydrogens is 363 g/mol. The molecule has 2 heterocycles. The number of hydrogen-bond acceptors (Lipinski definition) is 4. The Kier molecular flexibility index (Phi) is 5.00. The van der Waals surface area contributed by atoms with Gasteiger partial charge in [-0.1, -0.05) is 24.3 Å². The van der Waals surface area contributed by atoms with Gasteiger partial charge in [0.05, 0.1) is 17.7 Å². The molecule has 3 atom stereocenters. The van der Waals surface area contributed by atoms with E-state index in [4.69, 9.17) is 9.15 Å². The summed E-state index contributed by atoms with van der Waals surface area (Å²) in [7, 11) is 0. The molecule has 1 fully saturated rings. The number of para-hydroxylation sites is 2. The van der Waals surface area contributed by atoms with E-state index >= 15 is 0 Å². The maximum atomic E-state index is 13.3. The molecule has 0 aliphatic carbocycles. The number of hydrogen-bond donors (Lipinski definition) is 1. The van der Waals surface area contributed by atoms with E-state index in [1.165, 1.54) is 16.7 Å². The zero-order valence-electron chi connectivity index (χ0n) is 15.4. The maximum absolute atomic E-state index is 13.3. The van der Waals surface area contributed by atoms with Crippen molar-refractivity contribution in [1.82, 2.24) is 9.88 Å². The molecule has 6 nitrogen and oxygen atoms in total. The third-order valence-corrected chi connectivity index (χ3v) is 5.15. The largest absolute Gasteiger partial charge is 0.420 e. The molecule has 0 spiro atoms. The summed E-state index contributed by atoms with van der Waals surface area (Å²) in [6.45, 7) is 2.27. The Balaban J connectivity index is 1.62. The Morgan fingerprint density at radius 3 is 2.68 bits per heavy atom. The second-order valence-electron chi connectivity index (χ2n) is 6.97. The van der Waals surface area contributed by atoms with Crippen LogP contribution in [-0.2, 0) is 9.53 Å². The predicted molar refractivity (Wildman–Crippen MR) is 101 cm³/mol. The van der Waals surface area contributed by atoms with Gasteiger partial charge in [-0.05, 0) is 49.6 Å². The first-order chi connectivity index (χ1) is 13.5. The van der Waals surface area contributed by atoms with E-state index < -0.39 is 17.8 Å². The summed E-state index contributed by atoms with van der Waals surface area (Å²) in [5.74, 6) is -1.26. The number of nitrogens with zero attached hydrogens (tertiary/aromatic N) is 1.